The number of hydrogen-bond acceptors (Lipinski definition) is 3. The van der Waals surface area contributed by atoms with E-state index in [-0.39, 0.29) is 11.4 Å². The minimum atomic E-state index is -0.286. The van der Waals surface area contributed by atoms with Crippen LogP contribution < -0.4 is 5.56 Å². The predicted molar refractivity (Wildman–Crippen MR) is 88.7 cm³/mol. The highest BCUT2D eigenvalue weighted by Gasteiger charge is 2.09. The SMILES string of the molecule is CCOCCCCc1ccc(-n2c(C)nc(C)cc2=O)cc1F. The second-order valence-corrected chi connectivity index (χ2v) is 5.55. The molecule has 1 aromatic carbocycles. The van der Waals surface area contributed by atoms with Gasteiger partial charge in [0.15, 0.2) is 0 Å². The van der Waals surface area contributed by atoms with Crippen LogP contribution in [0.2, 0.25) is 0 Å². The average molecular weight is 318 g/mol. The van der Waals surface area contributed by atoms with Crippen LogP contribution in [0, 0.1) is 19.7 Å². The molecule has 4 nitrogen and oxygen atoms in total. The first-order valence-corrected chi connectivity index (χ1v) is 7.96. The van der Waals surface area contributed by atoms with Crippen molar-refractivity contribution in [2.24, 2.45) is 0 Å². The summed E-state index contributed by atoms with van der Waals surface area (Å²) in [5.74, 6) is 0.268. The van der Waals surface area contributed by atoms with Gasteiger partial charge in [0.2, 0.25) is 0 Å². The number of rotatable bonds is 7. The third-order valence-corrected chi connectivity index (χ3v) is 3.70. The van der Waals surface area contributed by atoms with Gasteiger partial charge in [0, 0.05) is 25.0 Å². The van der Waals surface area contributed by atoms with Crippen LogP contribution in [0.4, 0.5) is 4.39 Å². The maximum Gasteiger partial charge on any atom is 0.258 e. The summed E-state index contributed by atoms with van der Waals surface area (Å²) in [7, 11) is 0. The van der Waals surface area contributed by atoms with Gasteiger partial charge in [0.25, 0.3) is 5.56 Å². The molecule has 0 fully saturated rings. The summed E-state index contributed by atoms with van der Waals surface area (Å²) in [4.78, 5) is 16.4. The van der Waals surface area contributed by atoms with Crippen molar-refractivity contribution in [1.29, 1.82) is 0 Å². The van der Waals surface area contributed by atoms with Gasteiger partial charge in [-0.15, -0.1) is 0 Å². The summed E-state index contributed by atoms with van der Waals surface area (Å²) in [5.41, 5.74) is 1.64. The first-order valence-electron chi connectivity index (χ1n) is 7.96. The van der Waals surface area contributed by atoms with Crippen molar-refractivity contribution in [3.8, 4) is 5.69 Å². The summed E-state index contributed by atoms with van der Waals surface area (Å²) < 4.78 is 21.0. The fraction of sp³-hybridized carbons (Fsp3) is 0.444. The molecule has 0 saturated heterocycles. The molecule has 1 heterocycles. The van der Waals surface area contributed by atoms with Gasteiger partial charge in [-0.05, 0) is 57.7 Å². The van der Waals surface area contributed by atoms with Crippen LogP contribution in [0.25, 0.3) is 5.69 Å². The molecule has 0 aliphatic carbocycles. The monoisotopic (exact) mass is 318 g/mol. The Labute approximate surface area is 135 Å². The topological polar surface area (TPSA) is 44.1 Å². The van der Waals surface area contributed by atoms with Crippen molar-refractivity contribution in [2.75, 3.05) is 13.2 Å². The zero-order valence-electron chi connectivity index (χ0n) is 13.9. The largest absolute Gasteiger partial charge is 0.382 e. The molecule has 0 atom stereocenters. The molecule has 0 unspecified atom stereocenters. The third-order valence-electron chi connectivity index (χ3n) is 3.70. The van der Waals surface area contributed by atoms with Crippen molar-refractivity contribution in [3.05, 3.63) is 57.5 Å². The fourth-order valence-corrected chi connectivity index (χ4v) is 2.60. The molecule has 0 N–H and O–H groups in total. The number of unbranched alkanes of at least 4 members (excludes halogenated alkanes) is 1. The molecular formula is C18H23FN2O2. The first-order chi connectivity index (χ1) is 11.0. The highest BCUT2D eigenvalue weighted by molar-refractivity contribution is 5.37. The number of benzene rings is 1. The van der Waals surface area contributed by atoms with Crippen LogP contribution >= 0.6 is 0 Å². The number of ether oxygens (including phenoxy) is 1. The van der Waals surface area contributed by atoms with Crippen LogP contribution in [0.3, 0.4) is 0 Å². The molecule has 0 radical (unpaired) electrons. The number of aromatic nitrogens is 2. The molecule has 23 heavy (non-hydrogen) atoms. The Hall–Kier alpha value is -2.01. The second kappa shape index (κ2) is 8.02. The van der Waals surface area contributed by atoms with Crippen molar-refractivity contribution in [3.63, 3.8) is 0 Å². The van der Waals surface area contributed by atoms with E-state index in [0.717, 1.165) is 12.8 Å². The summed E-state index contributed by atoms with van der Waals surface area (Å²) in [6.07, 6.45) is 2.45. The van der Waals surface area contributed by atoms with E-state index >= 15 is 0 Å². The van der Waals surface area contributed by atoms with E-state index in [9.17, 15) is 9.18 Å². The van der Waals surface area contributed by atoms with E-state index in [2.05, 4.69) is 4.98 Å². The van der Waals surface area contributed by atoms with Crippen molar-refractivity contribution < 1.29 is 9.13 Å². The number of halogens is 1. The molecule has 0 bridgehead atoms. The highest BCUT2D eigenvalue weighted by Crippen LogP contribution is 2.16. The number of hydrogen-bond donors (Lipinski definition) is 0. The van der Waals surface area contributed by atoms with Crippen molar-refractivity contribution in [1.82, 2.24) is 9.55 Å². The van der Waals surface area contributed by atoms with Crippen molar-refractivity contribution in [2.45, 2.75) is 40.0 Å². The number of aryl methyl sites for hydroxylation is 3. The van der Waals surface area contributed by atoms with Crippen molar-refractivity contribution >= 4 is 0 Å². The third kappa shape index (κ3) is 4.48. The standard InChI is InChI=1S/C18H23FN2O2/c1-4-23-10-6-5-7-15-8-9-16(12-17(15)19)21-14(3)20-13(2)11-18(21)22/h8-9,11-12H,4-7,10H2,1-3H3. The zero-order chi connectivity index (χ0) is 16.8. The van der Waals surface area contributed by atoms with E-state index in [1.54, 1.807) is 26.0 Å². The molecule has 0 aliphatic rings. The summed E-state index contributed by atoms with van der Waals surface area (Å²) in [6, 6.07) is 6.37. The minimum absolute atomic E-state index is 0.195. The second-order valence-electron chi connectivity index (χ2n) is 5.55. The summed E-state index contributed by atoms with van der Waals surface area (Å²) in [6.45, 7) is 6.89. The highest BCUT2D eigenvalue weighted by atomic mass is 19.1. The molecule has 2 rings (SSSR count). The summed E-state index contributed by atoms with van der Waals surface area (Å²) >= 11 is 0. The van der Waals surface area contributed by atoms with Gasteiger partial charge >= 0.3 is 0 Å². The lowest BCUT2D eigenvalue weighted by Gasteiger charge is -2.11. The zero-order valence-corrected chi connectivity index (χ0v) is 13.9. The fourth-order valence-electron chi connectivity index (χ4n) is 2.60. The van der Waals surface area contributed by atoms with Gasteiger partial charge in [-0.1, -0.05) is 6.07 Å². The van der Waals surface area contributed by atoms with Gasteiger partial charge < -0.3 is 4.74 Å². The first kappa shape index (κ1) is 17.3. The Bertz CT molecular complexity index is 725. The van der Waals surface area contributed by atoms with Crippen LogP contribution in [-0.4, -0.2) is 22.8 Å². The smallest absolute Gasteiger partial charge is 0.258 e. The molecular weight excluding hydrogens is 295 g/mol. The summed E-state index contributed by atoms with van der Waals surface area (Å²) in [5, 5.41) is 0. The van der Waals surface area contributed by atoms with Crippen LogP contribution in [0.5, 0.6) is 0 Å². The maximum absolute atomic E-state index is 14.3. The van der Waals surface area contributed by atoms with Gasteiger partial charge in [-0.25, -0.2) is 9.37 Å². The lowest BCUT2D eigenvalue weighted by molar-refractivity contribution is 0.143. The van der Waals surface area contributed by atoms with Crippen LogP contribution in [-0.2, 0) is 11.2 Å². The van der Waals surface area contributed by atoms with E-state index in [1.807, 2.05) is 6.92 Å². The Morgan fingerprint density at radius 1 is 1.22 bits per heavy atom. The number of nitrogens with zero attached hydrogens (tertiary/aromatic N) is 2. The minimum Gasteiger partial charge on any atom is -0.382 e. The quantitative estimate of drug-likeness (QED) is 0.735. The maximum atomic E-state index is 14.3. The molecule has 2 aromatic rings. The lowest BCUT2D eigenvalue weighted by Crippen LogP contribution is -2.22. The lowest BCUT2D eigenvalue weighted by atomic mass is 10.1. The molecule has 0 saturated carbocycles. The molecule has 0 spiro atoms. The van der Waals surface area contributed by atoms with E-state index in [1.165, 1.54) is 16.7 Å². The van der Waals surface area contributed by atoms with E-state index < -0.39 is 0 Å². The Morgan fingerprint density at radius 2 is 2.00 bits per heavy atom. The molecule has 124 valence electrons. The Balaban J connectivity index is 2.15. The van der Waals surface area contributed by atoms with Crippen LogP contribution in [0.1, 0.15) is 36.8 Å². The Kier molecular flexibility index (Phi) is 6.04. The van der Waals surface area contributed by atoms with Gasteiger partial charge in [0.1, 0.15) is 11.6 Å². The van der Waals surface area contributed by atoms with Gasteiger partial charge in [-0.2, -0.15) is 0 Å². The normalized spacial score (nSPS) is 11.0. The predicted octanol–water partition coefficient (Wildman–Crippen LogP) is 3.35. The van der Waals surface area contributed by atoms with E-state index in [4.69, 9.17) is 4.74 Å². The van der Waals surface area contributed by atoms with Gasteiger partial charge in [0.05, 0.1) is 5.69 Å². The average Bonchev–Trinajstić information content (AvgIpc) is 2.48. The van der Waals surface area contributed by atoms with Gasteiger partial charge in [-0.3, -0.25) is 9.36 Å². The molecule has 5 heteroatoms. The van der Waals surface area contributed by atoms with E-state index in [0.29, 0.717) is 42.4 Å². The van der Waals surface area contributed by atoms with Crippen LogP contribution in [0.15, 0.2) is 29.1 Å². The molecule has 0 aliphatic heterocycles. The molecule has 0 amide bonds. The molecule has 1 aromatic heterocycles. The Morgan fingerprint density at radius 3 is 2.65 bits per heavy atom.